The quantitative estimate of drug-likeness (QED) is 0.680. The third-order valence-corrected chi connectivity index (χ3v) is 2.81. The zero-order valence-electron chi connectivity index (χ0n) is 10.7. The van der Waals surface area contributed by atoms with Crippen LogP contribution in [-0.4, -0.2) is 0 Å². The van der Waals surface area contributed by atoms with E-state index in [1.54, 1.807) is 18.2 Å². The van der Waals surface area contributed by atoms with Crippen LogP contribution >= 0.6 is 0 Å². The van der Waals surface area contributed by atoms with Gasteiger partial charge >= 0.3 is 0 Å². The highest BCUT2D eigenvalue weighted by Gasteiger charge is 1.93. The molecule has 0 aliphatic rings. The minimum Gasteiger partial charge on any atom is -0.0990 e. The fraction of sp³-hybridized carbons (Fsp3) is 0. The summed E-state index contributed by atoms with van der Waals surface area (Å²) < 4.78 is 0. The fourth-order valence-corrected chi connectivity index (χ4v) is 1.91. The molecule has 0 saturated heterocycles. The first-order chi connectivity index (χ1) is 8.58. The molecule has 0 aliphatic carbocycles. The van der Waals surface area contributed by atoms with E-state index in [4.69, 9.17) is 0 Å². The van der Waals surface area contributed by atoms with Gasteiger partial charge in [-0.2, -0.15) is 0 Å². The molecule has 0 nitrogen and oxygen atoms in total. The van der Waals surface area contributed by atoms with Crippen molar-refractivity contribution in [2.45, 2.75) is 0 Å². The van der Waals surface area contributed by atoms with Crippen LogP contribution in [0.4, 0.5) is 0 Å². The molecule has 0 heteroatoms. The van der Waals surface area contributed by atoms with Gasteiger partial charge in [0.05, 0.1) is 0 Å². The molecule has 18 heavy (non-hydrogen) atoms. The highest BCUT2D eigenvalue weighted by atomic mass is 14.0. The third-order valence-electron chi connectivity index (χ3n) is 2.81. The van der Waals surface area contributed by atoms with Crippen LogP contribution in [0.15, 0.2) is 38.0 Å². The van der Waals surface area contributed by atoms with E-state index in [2.05, 4.69) is 39.5 Å². The SMILES string of the molecule is C=C/C=c1\c(=C)c(=C)c(=C\C=C)/c(=C/C=C)c1=C. The Bertz CT molecular complexity index is 818. The molecule has 0 amide bonds. The summed E-state index contributed by atoms with van der Waals surface area (Å²) in [6, 6.07) is 0. The summed E-state index contributed by atoms with van der Waals surface area (Å²) in [6.07, 6.45) is 10.9. The van der Waals surface area contributed by atoms with Crippen molar-refractivity contribution in [2.24, 2.45) is 0 Å². The molecular weight excluding hydrogens is 216 g/mol. The molecule has 0 aromatic heterocycles. The lowest BCUT2D eigenvalue weighted by atomic mass is 10.1. The Morgan fingerprint density at radius 2 is 0.833 bits per heavy atom. The van der Waals surface area contributed by atoms with Crippen LogP contribution in [0.25, 0.3) is 38.0 Å². The number of hydrogen-bond acceptors (Lipinski definition) is 0. The maximum atomic E-state index is 4.12. The largest absolute Gasteiger partial charge is 0.0990 e. The minimum absolute atomic E-state index is 0.870. The second-order valence-corrected chi connectivity index (χ2v) is 3.88. The Morgan fingerprint density at radius 3 is 1.28 bits per heavy atom. The maximum Gasteiger partial charge on any atom is -0.0105 e. The molecule has 0 atom stereocenters. The molecule has 0 fully saturated rings. The lowest BCUT2D eigenvalue weighted by Crippen LogP contribution is -2.64. The maximum absolute atomic E-state index is 4.12. The Kier molecular flexibility index (Phi) is 4.45. The monoisotopic (exact) mass is 234 g/mol. The van der Waals surface area contributed by atoms with E-state index >= 15 is 0 Å². The Hall–Kier alpha value is -2.34. The van der Waals surface area contributed by atoms with Crippen LogP contribution in [-0.2, 0) is 0 Å². The number of rotatable bonds is 3. The summed E-state index contributed by atoms with van der Waals surface area (Å²) in [4.78, 5) is 0. The molecule has 1 rings (SSSR count). The second-order valence-electron chi connectivity index (χ2n) is 3.88. The summed E-state index contributed by atoms with van der Waals surface area (Å²) in [7, 11) is 0. The van der Waals surface area contributed by atoms with Gasteiger partial charge in [-0.3, -0.25) is 0 Å². The fourth-order valence-electron chi connectivity index (χ4n) is 1.91. The molecule has 0 bridgehead atoms. The molecule has 0 N–H and O–H groups in total. The first-order valence-electron chi connectivity index (χ1n) is 5.65. The number of allylic oxidation sites excluding steroid dienone is 3. The zero-order valence-corrected chi connectivity index (χ0v) is 10.7. The summed E-state index contributed by atoms with van der Waals surface area (Å²) in [6.45, 7) is 23.5. The van der Waals surface area contributed by atoms with Crippen LogP contribution in [0.5, 0.6) is 0 Å². The van der Waals surface area contributed by atoms with E-state index in [1.165, 1.54) is 0 Å². The van der Waals surface area contributed by atoms with Gasteiger partial charge in [0, 0.05) is 0 Å². The van der Waals surface area contributed by atoms with Gasteiger partial charge in [-0.25, -0.2) is 0 Å². The van der Waals surface area contributed by atoms with Gasteiger partial charge in [-0.05, 0) is 31.3 Å². The summed E-state index contributed by atoms with van der Waals surface area (Å²) >= 11 is 0. The van der Waals surface area contributed by atoms with E-state index in [9.17, 15) is 0 Å². The minimum atomic E-state index is 0.870. The zero-order chi connectivity index (χ0) is 13.7. The van der Waals surface area contributed by atoms with E-state index in [-0.39, 0.29) is 0 Å². The lowest BCUT2D eigenvalue weighted by molar-refractivity contribution is 1.32. The molecule has 0 saturated carbocycles. The average molecular weight is 234 g/mol. The molecule has 0 aliphatic heterocycles. The smallest absolute Gasteiger partial charge is 0.0105 e. The van der Waals surface area contributed by atoms with Crippen molar-refractivity contribution in [1.82, 2.24) is 0 Å². The van der Waals surface area contributed by atoms with Crippen molar-refractivity contribution >= 4 is 38.0 Å². The molecule has 0 heterocycles. The van der Waals surface area contributed by atoms with E-state index in [1.807, 2.05) is 18.2 Å². The molecule has 1 aromatic carbocycles. The number of hydrogen-bond donors (Lipinski definition) is 0. The predicted octanol–water partition coefficient (Wildman–Crippen LogP) is -0.183. The third kappa shape index (κ3) is 2.33. The Balaban J connectivity index is 4.39. The standard InChI is InChI=1S/C18H18/c1-7-10-16-13(4)14(5)17(11-8-2)18(12-9-3)15(16)6/h7-12H,1-6H2/b16-10+,17-11+,18-12+. The van der Waals surface area contributed by atoms with Gasteiger partial charge in [0.25, 0.3) is 0 Å². The van der Waals surface area contributed by atoms with Crippen molar-refractivity contribution in [3.63, 3.8) is 0 Å². The van der Waals surface area contributed by atoms with Gasteiger partial charge in [0.2, 0.25) is 0 Å². The van der Waals surface area contributed by atoms with E-state index < -0.39 is 0 Å². The van der Waals surface area contributed by atoms with Gasteiger partial charge in [-0.15, -0.1) is 0 Å². The summed E-state index contributed by atoms with van der Waals surface area (Å²) in [5.74, 6) is 0. The highest BCUT2D eigenvalue weighted by molar-refractivity contribution is 5.47. The van der Waals surface area contributed by atoms with Gasteiger partial charge < -0.3 is 0 Å². The predicted molar refractivity (Wildman–Crippen MR) is 84.7 cm³/mol. The van der Waals surface area contributed by atoms with Crippen molar-refractivity contribution < 1.29 is 0 Å². The molecule has 1 aromatic rings. The number of benzene rings is 1. The van der Waals surface area contributed by atoms with Crippen LogP contribution in [0, 0.1) is 0 Å². The van der Waals surface area contributed by atoms with Crippen molar-refractivity contribution in [3.05, 3.63) is 69.3 Å². The molecular formula is C18H18. The van der Waals surface area contributed by atoms with Crippen LogP contribution in [0.2, 0.25) is 0 Å². The van der Waals surface area contributed by atoms with Gasteiger partial charge in [0.15, 0.2) is 0 Å². The molecule has 0 spiro atoms. The average Bonchev–Trinajstić information content (AvgIpc) is 2.36. The van der Waals surface area contributed by atoms with Crippen LogP contribution in [0.1, 0.15) is 0 Å². The van der Waals surface area contributed by atoms with E-state index in [0.29, 0.717) is 0 Å². The van der Waals surface area contributed by atoms with Crippen molar-refractivity contribution in [3.8, 4) is 0 Å². The summed E-state index contributed by atoms with van der Waals surface area (Å²) in [5, 5.41) is 5.60. The first-order valence-corrected chi connectivity index (χ1v) is 5.65. The molecule has 90 valence electrons. The lowest BCUT2D eigenvalue weighted by Gasteiger charge is -1.97. The molecule has 0 radical (unpaired) electrons. The van der Waals surface area contributed by atoms with Crippen LogP contribution in [0.3, 0.4) is 0 Å². The Morgan fingerprint density at radius 1 is 0.500 bits per heavy atom. The van der Waals surface area contributed by atoms with Crippen LogP contribution < -0.4 is 31.3 Å². The summed E-state index contributed by atoms with van der Waals surface area (Å²) in [5.41, 5.74) is 0. The molecule has 0 unspecified atom stereocenters. The second kappa shape index (κ2) is 5.83. The highest BCUT2D eigenvalue weighted by Crippen LogP contribution is 1.63. The van der Waals surface area contributed by atoms with Crippen molar-refractivity contribution in [1.29, 1.82) is 0 Å². The van der Waals surface area contributed by atoms with Gasteiger partial charge in [0.1, 0.15) is 0 Å². The Labute approximate surface area is 108 Å². The van der Waals surface area contributed by atoms with E-state index in [0.717, 1.165) is 31.3 Å². The topological polar surface area (TPSA) is 0 Å². The van der Waals surface area contributed by atoms with Crippen molar-refractivity contribution in [2.75, 3.05) is 0 Å². The van der Waals surface area contributed by atoms with Gasteiger partial charge in [-0.1, -0.05) is 75.9 Å². The normalized spacial score (nSPS) is 13.7. The first kappa shape index (κ1) is 13.7.